The van der Waals surface area contributed by atoms with Gasteiger partial charge in [-0.15, -0.1) is 23.1 Å². The Kier molecular flexibility index (Phi) is 8.09. The first kappa shape index (κ1) is 27.7. The quantitative estimate of drug-likeness (QED) is 0.301. The van der Waals surface area contributed by atoms with Crippen molar-refractivity contribution in [1.82, 2.24) is 10.2 Å². The predicted molar refractivity (Wildman–Crippen MR) is 152 cm³/mol. The van der Waals surface area contributed by atoms with Crippen LogP contribution in [-0.2, 0) is 35.1 Å². The highest BCUT2D eigenvalue weighted by molar-refractivity contribution is 8.00. The van der Waals surface area contributed by atoms with Gasteiger partial charge in [-0.1, -0.05) is 66.7 Å². The third-order valence-corrected chi connectivity index (χ3v) is 9.16. The second-order valence-corrected chi connectivity index (χ2v) is 11.8. The Morgan fingerprint density at radius 1 is 1.02 bits per heavy atom. The van der Waals surface area contributed by atoms with Crippen LogP contribution in [0.15, 0.2) is 89.4 Å². The number of esters is 2. The summed E-state index contributed by atoms with van der Waals surface area (Å²) in [7, 11) is 0. The zero-order valence-corrected chi connectivity index (χ0v) is 23.6. The molecular weight excluding hydrogens is 548 g/mol. The molecule has 0 bridgehead atoms. The number of fused-ring (bicyclic) bond motifs is 1. The maximum Gasteiger partial charge on any atom is 0.356 e. The number of hydrogen-bond acceptors (Lipinski definition) is 8. The van der Waals surface area contributed by atoms with E-state index in [1.165, 1.54) is 34.9 Å². The average Bonchev–Trinajstić information content (AvgIpc) is 3.47. The van der Waals surface area contributed by atoms with Gasteiger partial charge < -0.3 is 14.8 Å². The van der Waals surface area contributed by atoms with E-state index < -0.39 is 34.9 Å². The van der Waals surface area contributed by atoms with E-state index in [2.05, 4.69) is 5.32 Å². The zero-order chi connectivity index (χ0) is 28.3. The largest absolute Gasteiger partial charge is 0.461 e. The first-order valence-corrected chi connectivity index (χ1v) is 14.7. The Balaban J connectivity index is 1.43. The van der Waals surface area contributed by atoms with E-state index >= 15 is 0 Å². The number of β-lactam (4-membered cyclic amide) rings is 1. The van der Waals surface area contributed by atoms with Crippen LogP contribution in [0.5, 0.6) is 0 Å². The van der Waals surface area contributed by atoms with E-state index in [1.807, 2.05) is 78.2 Å². The van der Waals surface area contributed by atoms with Gasteiger partial charge in [0.2, 0.25) is 5.91 Å². The minimum atomic E-state index is -1.20. The molecule has 0 radical (unpaired) electrons. The Morgan fingerprint density at radius 3 is 2.25 bits per heavy atom. The lowest BCUT2D eigenvalue weighted by Gasteiger charge is -2.56. The Bertz CT molecular complexity index is 1400. The highest BCUT2D eigenvalue weighted by Crippen LogP contribution is 2.47. The Labute approximate surface area is 240 Å². The average molecular weight is 577 g/mol. The fraction of sp³-hybridized carbons (Fsp3) is 0.267. The van der Waals surface area contributed by atoms with Crippen molar-refractivity contribution in [3.05, 3.63) is 105 Å². The lowest BCUT2D eigenvalue weighted by molar-refractivity contribution is -0.160. The summed E-state index contributed by atoms with van der Waals surface area (Å²) >= 11 is 2.87. The van der Waals surface area contributed by atoms with Crippen molar-refractivity contribution in [3.8, 4) is 0 Å². The fourth-order valence-corrected chi connectivity index (χ4v) is 6.97. The van der Waals surface area contributed by atoms with Crippen LogP contribution in [-0.4, -0.2) is 51.9 Å². The SMILES string of the molecule is CC(=O)OCC1=C(C(=O)OC(c2ccccc2)c2ccccc2)N2C(=O)[C@@](C)(NC(=O)Cc3cccs3)[C@H]2SC1. The van der Waals surface area contributed by atoms with Gasteiger partial charge >= 0.3 is 11.9 Å². The molecule has 2 aliphatic rings. The lowest BCUT2D eigenvalue weighted by Crippen LogP contribution is -2.78. The van der Waals surface area contributed by atoms with Crippen LogP contribution < -0.4 is 5.32 Å². The lowest BCUT2D eigenvalue weighted by atomic mass is 9.88. The van der Waals surface area contributed by atoms with E-state index in [0.717, 1.165) is 16.0 Å². The van der Waals surface area contributed by atoms with Crippen LogP contribution >= 0.6 is 23.1 Å². The molecule has 8 nitrogen and oxygen atoms in total. The standard InChI is InChI=1S/C30H28N2O6S2/c1-19(33)37-17-22-18-40-29-30(2,31-24(34)16-23-14-9-15-39-23)28(36)32(29)25(22)27(35)38-26(20-10-5-3-6-11-20)21-12-7-4-8-13-21/h3-15,26,29H,16-18H2,1-2H3,(H,31,34)/t29-,30-/m1/s1. The van der Waals surface area contributed by atoms with Crippen LogP contribution in [0.3, 0.4) is 0 Å². The van der Waals surface area contributed by atoms with Crippen molar-refractivity contribution in [2.75, 3.05) is 12.4 Å². The summed E-state index contributed by atoms with van der Waals surface area (Å²) in [5.74, 6) is -1.58. The molecule has 5 rings (SSSR count). The van der Waals surface area contributed by atoms with E-state index in [-0.39, 0.29) is 24.6 Å². The molecule has 1 saturated heterocycles. The molecule has 40 heavy (non-hydrogen) atoms. The molecule has 2 atom stereocenters. The molecule has 1 aromatic heterocycles. The van der Waals surface area contributed by atoms with Gasteiger partial charge in [0.1, 0.15) is 23.2 Å². The summed E-state index contributed by atoms with van der Waals surface area (Å²) < 4.78 is 11.3. The number of ether oxygens (including phenoxy) is 2. The molecule has 2 aliphatic heterocycles. The first-order chi connectivity index (χ1) is 19.3. The van der Waals surface area contributed by atoms with Gasteiger partial charge in [0.25, 0.3) is 5.91 Å². The molecule has 3 aromatic rings. The highest BCUT2D eigenvalue weighted by Gasteiger charge is 2.63. The molecule has 3 heterocycles. The van der Waals surface area contributed by atoms with Gasteiger partial charge in [0, 0.05) is 23.1 Å². The molecule has 2 amide bonds. The van der Waals surface area contributed by atoms with E-state index in [0.29, 0.717) is 11.3 Å². The second-order valence-electron chi connectivity index (χ2n) is 9.68. The van der Waals surface area contributed by atoms with Crippen LogP contribution in [0.1, 0.15) is 36.0 Å². The van der Waals surface area contributed by atoms with E-state index in [4.69, 9.17) is 9.47 Å². The molecular formula is C30H28N2O6S2. The number of carbonyl (C=O) groups is 4. The maximum absolute atomic E-state index is 13.9. The van der Waals surface area contributed by atoms with Gasteiger partial charge in [0.15, 0.2) is 6.10 Å². The molecule has 10 heteroatoms. The molecule has 1 fully saturated rings. The summed E-state index contributed by atoms with van der Waals surface area (Å²) in [5, 5.41) is 4.26. The third-order valence-electron chi connectivity index (χ3n) is 6.77. The van der Waals surface area contributed by atoms with Crippen LogP contribution in [0.4, 0.5) is 0 Å². The van der Waals surface area contributed by atoms with Crippen LogP contribution in [0.25, 0.3) is 0 Å². The van der Waals surface area contributed by atoms with Crippen LogP contribution in [0, 0.1) is 0 Å². The van der Waals surface area contributed by atoms with E-state index in [1.54, 1.807) is 6.92 Å². The number of amides is 2. The van der Waals surface area contributed by atoms with Crippen molar-refractivity contribution < 1.29 is 28.7 Å². The molecule has 2 aromatic carbocycles. The topological polar surface area (TPSA) is 102 Å². The molecule has 0 spiro atoms. The third kappa shape index (κ3) is 5.55. The Morgan fingerprint density at radius 2 is 1.68 bits per heavy atom. The number of carbonyl (C=O) groups excluding carboxylic acids is 4. The summed E-state index contributed by atoms with van der Waals surface area (Å²) in [6.07, 6.45) is -0.561. The summed E-state index contributed by atoms with van der Waals surface area (Å²) in [4.78, 5) is 54.2. The maximum atomic E-state index is 13.9. The van der Waals surface area contributed by atoms with Crippen LogP contribution in [0.2, 0.25) is 0 Å². The van der Waals surface area contributed by atoms with Gasteiger partial charge in [0.05, 0.1) is 6.42 Å². The molecule has 206 valence electrons. The second kappa shape index (κ2) is 11.7. The van der Waals surface area contributed by atoms with Gasteiger partial charge in [-0.3, -0.25) is 19.3 Å². The smallest absolute Gasteiger partial charge is 0.356 e. The minimum Gasteiger partial charge on any atom is -0.461 e. The predicted octanol–water partition coefficient (Wildman–Crippen LogP) is 4.23. The van der Waals surface area contributed by atoms with Gasteiger partial charge in [-0.2, -0.15) is 0 Å². The number of thioether (sulfide) groups is 1. The molecule has 1 N–H and O–H groups in total. The summed E-state index contributed by atoms with van der Waals surface area (Å²) in [5.41, 5.74) is 0.868. The molecule has 0 aliphatic carbocycles. The molecule has 0 unspecified atom stereocenters. The highest BCUT2D eigenvalue weighted by atomic mass is 32.2. The van der Waals surface area contributed by atoms with Crippen molar-refractivity contribution in [1.29, 1.82) is 0 Å². The van der Waals surface area contributed by atoms with Crippen molar-refractivity contribution in [2.24, 2.45) is 0 Å². The van der Waals surface area contributed by atoms with E-state index in [9.17, 15) is 19.2 Å². The Hall–Kier alpha value is -3.89. The fourth-order valence-electron chi connectivity index (χ4n) is 4.84. The zero-order valence-electron chi connectivity index (χ0n) is 22.0. The summed E-state index contributed by atoms with van der Waals surface area (Å²) in [6, 6.07) is 22.4. The molecule has 0 saturated carbocycles. The number of thiophene rings is 1. The van der Waals surface area contributed by atoms with Gasteiger partial charge in [-0.05, 0) is 29.5 Å². The first-order valence-electron chi connectivity index (χ1n) is 12.7. The normalized spacial score (nSPS) is 20.0. The number of nitrogens with one attached hydrogen (secondary N) is 1. The summed E-state index contributed by atoms with van der Waals surface area (Å²) in [6.45, 7) is 2.81. The number of rotatable bonds is 9. The minimum absolute atomic E-state index is 0.0526. The van der Waals surface area contributed by atoms with Gasteiger partial charge in [-0.25, -0.2) is 4.79 Å². The number of benzene rings is 2. The van der Waals surface area contributed by atoms with Crippen molar-refractivity contribution in [3.63, 3.8) is 0 Å². The number of hydrogen-bond donors (Lipinski definition) is 1. The number of nitrogens with zero attached hydrogens (tertiary/aromatic N) is 1. The monoisotopic (exact) mass is 576 g/mol. The van der Waals surface area contributed by atoms with Crippen molar-refractivity contribution in [2.45, 2.75) is 37.3 Å². The van der Waals surface area contributed by atoms with Crippen molar-refractivity contribution >= 4 is 46.9 Å².